The van der Waals surface area contributed by atoms with Crippen molar-refractivity contribution >= 4 is 5.69 Å². The molecule has 140 valence electrons. The van der Waals surface area contributed by atoms with Crippen molar-refractivity contribution in [3.05, 3.63) is 90.0 Å². The maximum atomic E-state index is 5.90. The van der Waals surface area contributed by atoms with E-state index in [1.807, 2.05) is 36.4 Å². The molecule has 0 amide bonds. The van der Waals surface area contributed by atoms with E-state index in [9.17, 15) is 0 Å². The molecule has 3 heteroatoms. The normalized spacial score (nSPS) is 10.4. The van der Waals surface area contributed by atoms with Crippen LogP contribution in [-0.2, 0) is 13.0 Å². The van der Waals surface area contributed by atoms with Crippen LogP contribution in [0.1, 0.15) is 24.5 Å². The Morgan fingerprint density at radius 1 is 0.704 bits per heavy atom. The molecule has 27 heavy (non-hydrogen) atoms. The Kier molecular flexibility index (Phi) is 7.16. The maximum absolute atomic E-state index is 5.90. The van der Waals surface area contributed by atoms with E-state index in [1.54, 1.807) is 0 Å². The lowest BCUT2D eigenvalue weighted by atomic mass is 10.2. The van der Waals surface area contributed by atoms with E-state index in [1.165, 1.54) is 11.1 Å². The lowest BCUT2D eigenvalue weighted by molar-refractivity contribution is 0.317. The van der Waals surface area contributed by atoms with Crippen LogP contribution >= 0.6 is 0 Å². The first-order valence-electron chi connectivity index (χ1n) is 9.56. The molecular formula is C24H27NO2. The highest BCUT2D eigenvalue weighted by molar-refractivity contribution is 5.48. The van der Waals surface area contributed by atoms with Gasteiger partial charge in [0.2, 0.25) is 0 Å². The van der Waals surface area contributed by atoms with Crippen molar-refractivity contribution in [2.24, 2.45) is 0 Å². The van der Waals surface area contributed by atoms with Gasteiger partial charge in [-0.1, -0.05) is 55.5 Å². The lowest BCUT2D eigenvalue weighted by Gasteiger charge is -2.11. The third-order valence-corrected chi connectivity index (χ3v) is 4.23. The van der Waals surface area contributed by atoms with E-state index in [-0.39, 0.29) is 0 Å². The molecule has 0 bridgehead atoms. The molecule has 3 nitrogen and oxygen atoms in total. The maximum Gasteiger partial charge on any atom is 0.121 e. The molecule has 0 aliphatic carbocycles. The van der Waals surface area contributed by atoms with Gasteiger partial charge in [-0.2, -0.15) is 0 Å². The summed E-state index contributed by atoms with van der Waals surface area (Å²) in [5, 5.41) is 3.45. The number of benzene rings is 3. The Balaban J connectivity index is 1.47. The number of rotatable bonds is 10. The zero-order chi connectivity index (χ0) is 18.7. The van der Waals surface area contributed by atoms with Crippen molar-refractivity contribution in [3.63, 3.8) is 0 Å². The molecule has 1 N–H and O–H groups in total. The number of anilines is 1. The molecule has 0 heterocycles. The van der Waals surface area contributed by atoms with Gasteiger partial charge >= 0.3 is 0 Å². The fourth-order valence-electron chi connectivity index (χ4n) is 2.75. The van der Waals surface area contributed by atoms with E-state index in [0.29, 0.717) is 6.61 Å². The molecule has 3 aromatic carbocycles. The minimum absolute atomic E-state index is 0.673. The van der Waals surface area contributed by atoms with Crippen LogP contribution in [0.2, 0.25) is 0 Å². The predicted octanol–water partition coefficient (Wildman–Crippen LogP) is 5.71. The van der Waals surface area contributed by atoms with Crippen LogP contribution in [-0.4, -0.2) is 13.2 Å². The number of nitrogens with one attached hydrogen (secondary N) is 1. The first kappa shape index (κ1) is 18.8. The summed E-state index contributed by atoms with van der Waals surface area (Å²) in [6.07, 6.45) is 1.93. The topological polar surface area (TPSA) is 30.5 Å². The molecule has 0 aliphatic rings. The number of hydrogen-bond donors (Lipinski definition) is 1. The van der Waals surface area contributed by atoms with E-state index < -0.39 is 0 Å². The van der Waals surface area contributed by atoms with Crippen LogP contribution in [0.3, 0.4) is 0 Å². The fourth-order valence-corrected chi connectivity index (χ4v) is 2.75. The Morgan fingerprint density at radius 2 is 1.48 bits per heavy atom. The van der Waals surface area contributed by atoms with Gasteiger partial charge < -0.3 is 14.8 Å². The van der Waals surface area contributed by atoms with Gasteiger partial charge in [0.25, 0.3) is 0 Å². The lowest BCUT2D eigenvalue weighted by Crippen LogP contribution is -2.03. The summed E-state index contributed by atoms with van der Waals surface area (Å²) < 4.78 is 11.5. The third kappa shape index (κ3) is 6.37. The average Bonchev–Trinajstić information content (AvgIpc) is 2.73. The highest BCUT2D eigenvalue weighted by Gasteiger charge is 2.00. The minimum Gasteiger partial charge on any atom is -0.494 e. The van der Waals surface area contributed by atoms with Crippen molar-refractivity contribution in [3.8, 4) is 11.5 Å². The second-order valence-corrected chi connectivity index (χ2v) is 6.46. The van der Waals surface area contributed by atoms with E-state index in [2.05, 4.69) is 54.7 Å². The quantitative estimate of drug-likeness (QED) is 0.502. The van der Waals surface area contributed by atoms with Crippen molar-refractivity contribution in [1.29, 1.82) is 0 Å². The molecule has 0 spiro atoms. The second-order valence-electron chi connectivity index (χ2n) is 6.46. The molecule has 0 radical (unpaired) electrons. The third-order valence-electron chi connectivity index (χ3n) is 4.23. The van der Waals surface area contributed by atoms with Crippen LogP contribution in [0.5, 0.6) is 11.5 Å². The molecule has 0 fully saturated rings. The van der Waals surface area contributed by atoms with E-state index >= 15 is 0 Å². The van der Waals surface area contributed by atoms with Crippen molar-refractivity contribution in [2.75, 3.05) is 18.5 Å². The summed E-state index contributed by atoms with van der Waals surface area (Å²) in [7, 11) is 0. The second kappa shape index (κ2) is 10.3. The molecule has 3 rings (SSSR count). The highest BCUT2D eigenvalue weighted by atomic mass is 16.5. The van der Waals surface area contributed by atoms with Crippen LogP contribution in [0, 0.1) is 0 Å². The minimum atomic E-state index is 0.673. The SMILES string of the molecule is CCCOc1ccc(CNc2cccc(OCCc3ccccc3)c2)cc1. The average molecular weight is 361 g/mol. The van der Waals surface area contributed by atoms with Crippen LogP contribution in [0.15, 0.2) is 78.9 Å². The van der Waals surface area contributed by atoms with Crippen molar-refractivity contribution in [2.45, 2.75) is 26.3 Å². The van der Waals surface area contributed by atoms with Crippen molar-refractivity contribution < 1.29 is 9.47 Å². The summed E-state index contributed by atoms with van der Waals surface area (Å²) in [4.78, 5) is 0. The molecular weight excluding hydrogens is 334 g/mol. The van der Waals surface area contributed by atoms with Crippen molar-refractivity contribution in [1.82, 2.24) is 0 Å². The zero-order valence-electron chi connectivity index (χ0n) is 15.9. The smallest absolute Gasteiger partial charge is 0.121 e. The van der Waals surface area contributed by atoms with Gasteiger partial charge in [0.1, 0.15) is 11.5 Å². The predicted molar refractivity (Wildman–Crippen MR) is 112 cm³/mol. The van der Waals surface area contributed by atoms with Crippen LogP contribution < -0.4 is 14.8 Å². The van der Waals surface area contributed by atoms with Gasteiger partial charge in [0, 0.05) is 24.7 Å². The molecule has 0 atom stereocenters. The number of ether oxygens (including phenoxy) is 2. The Morgan fingerprint density at radius 3 is 2.26 bits per heavy atom. The molecule has 0 unspecified atom stereocenters. The molecule has 0 aromatic heterocycles. The van der Waals surface area contributed by atoms with E-state index in [0.717, 1.165) is 43.2 Å². The first-order valence-corrected chi connectivity index (χ1v) is 9.56. The van der Waals surface area contributed by atoms with Gasteiger partial charge in [0.15, 0.2) is 0 Å². The molecule has 3 aromatic rings. The fraction of sp³-hybridized carbons (Fsp3) is 0.250. The zero-order valence-corrected chi connectivity index (χ0v) is 15.9. The first-order chi connectivity index (χ1) is 13.3. The highest BCUT2D eigenvalue weighted by Crippen LogP contribution is 2.19. The molecule has 0 saturated heterocycles. The standard InChI is InChI=1S/C24H27NO2/c1-2-16-26-23-13-11-21(12-14-23)19-25-22-9-6-10-24(18-22)27-17-15-20-7-4-3-5-8-20/h3-14,18,25H,2,15-17,19H2,1H3. The summed E-state index contributed by atoms with van der Waals surface area (Å²) in [5.74, 6) is 1.81. The summed E-state index contributed by atoms with van der Waals surface area (Å²) in [6.45, 7) is 4.31. The van der Waals surface area contributed by atoms with Crippen LogP contribution in [0.25, 0.3) is 0 Å². The Hall–Kier alpha value is -2.94. The van der Waals surface area contributed by atoms with Crippen LogP contribution in [0.4, 0.5) is 5.69 Å². The molecule has 0 aliphatic heterocycles. The van der Waals surface area contributed by atoms with Gasteiger partial charge in [-0.3, -0.25) is 0 Å². The van der Waals surface area contributed by atoms with Gasteiger partial charge in [0.05, 0.1) is 13.2 Å². The van der Waals surface area contributed by atoms with Gasteiger partial charge in [-0.05, 0) is 41.8 Å². The monoisotopic (exact) mass is 361 g/mol. The summed E-state index contributed by atoms with van der Waals surface area (Å²) in [5.41, 5.74) is 3.56. The number of hydrogen-bond acceptors (Lipinski definition) is 3. The summed E-state index contributed by atoms with van der Waals surface area (Å²) in [6, 6.07) is 26.8. The largest absolute Gasteiger partial charge is 0.494 e. The van der Waals surface area contributed by atoms with E-state index in [4.69, 9.17) is 9.47 Å². The molecule has 0 saturated carbocycles. The summed E-state index contributed by atoms with van der Waals surface area (Å²) >= 11 is 0. The Bertz CT molecular complexity index is 800. The van der Waals surface area contributed by atoms with Gasteiger partial charge in [-0.15, -0.1) is 0 Å². The Labute approximate surface area is 162 Å². The van der Waals surface area contributed by atoms with Gasteiger partial charge in [-0.25, -0.2) is 0 Å².